The first-order chi connectivity index (χ1) is 9.01. The minimum absolute atomic E-state index is 0.0157. The largest absolute Gasteiger partial charge is 0.481 e. The molecule has 19 heavy (non-hydrogen) atoms. The van der Waals surface area contributed by atoms with Gasteiger partial charge >= 0.3 is 12.0 Å². The van der Waals surface area contributed by atoms with Gasteiger partial charge in [0.25, 0.3) is 0 Å². The van der Waals surface area contributed by atoms with E-state index in [2.05, 4.69) is 19.2 Å². The monoisotopic (exact) mass is 272 g/mol. The van der Waals surface area contributed by atoms with Crippen LogP contribution in [-0.4, -0.2) is 42.1 Å². The number of carbonyl (C=O) groups excluding carboxylic acids is 1. The Bertz CT molecular complexity index is 269. The maximum Gasteiger partial charge on any atom is 0.317 e. The number of nitrogens with one attached hydrogen (secondary N) is 1. The highest BCUT2D eigenvalue weighted by Gasteiger charge is 2.13. The van der Waals surface area contributed by atoms with Crippen LogP contribution in [0.5, 0.6) is 0 Å². The van der Waals surface area contributed by atoms with E-state index in [-0.39, 0.29) is 19.0 Å². The zero-order valence-corrected chi connectivity index (χ0v) is 12.4. The van der Waals surface area contributed by atoms with Crippen LogP contribution in [0.4, 0.5) is 4.79 Å². The van der Waals surface area contributed by atoms with Crippen LogP contribution >= 0.6 is 0 Å². The molecule has 0 fully saturated rings. The predicted octanol–water partition coefficient (Wildman–Crippen LogP) is 2.71. The molecule has 0 radical (unpaired) electrons. The second kappa shape index (κ2) is 10.6. The first-order valence-corrected chi connectivity index (χ1v) is 7.21. The van der Waals surface area contributed by atoms with Gasteiger partial charge in [-0.05, 0) is 18.8 Å². The normalized spacial score (nSPS) is 11.9. The molecule has 1 unspecified atom stereocenters. The molecule has 0 aromatic heterocycles. The van der Waals surface area contributed by atoms with Gasteiger partial charge in [-0.2, -0.15) is 0 Å². The fourth-order valence-electron chi connectivity index (χ4n) is 1.98. The first-order valence-electron chi connectivity index (χ1n) is 7.21. The Morgan fingerprint density at radius 1 is 1.21 bits per heavy atom. The minimum Gasteiger partial charge on any atom is -0.481 e. The van der Waals surface area contributed by atoms with Crippen LogP contribution in [0.1, 0.15) is 52.4 Å². The number of hydrogen-bond acceptors (Lipinski definition) is 2. The summed E-state index contributed by atoms with van der Waals surface area (Å²) < 4.78 is 0. The summed E-state index contributed by atoms with van der Waals surface area (Å²) in [5.41, 5.74) is 0. The SMILES string of the molecule is CCCCC(CCC)CNC(=O)N(C)CCC(=O)O. The zero-order chi connectivity index (χ0) is 14.7. The van der Waals surface area contributed by atoms with E-state index in [1.165, 1.54) is 17.7 Å². The first kappa shape index (κ1) is 17.7. The Balaban J connectivity index is 3.97. The molecule has 2 amide bonds. The molecule has 0 aromatic rings. The summed E-state index contributed by atoms with van der Waals surface area (Å²) in [6.45, 7) is 5.25. The lowest BCUT2D eigenvalue weighted by atomic mass is 9.97. The number of urea groups is 1. The van der Waals surface area contributed by atoms with E-state index in [4.69, 9.17) is 5.11 Å². The molecular weight excluding hydrogens is 244 g/mol. The summed E-state index contributed by atoms with van der Waals surface area (Å²) in [6, 6.07) is -0.182. The summed E-state index contributed by atoms with van der Waals surface area (Å²) in [7, 11) is 1.62. The van der Waals surface area contributed by atoms with E-state index < -0.39 is 5.97 Å². The van der Waals surface area contributed by atoms with Crippen LogP contribution in [0.25, 0.3) is 0 Å². The van der Waals surface area contributed by atoms with Crippen molar-refractivity contribution < 1.29 is 14.7 Å². The van der Waals surface area contributed by atoms with E-state index in [9.17, 15) is 9.59 Å². The number of unbranched alkanes of at least 4 members (excludes halogenated alkanes) is 1. The summed E-state index contributed by atoms with van der Waals surface area (Å²) >= 11 is 0. The number of aliphatic carboxylic acids is 1. The van der Waals surface area contributed by atoms with Gasteiger partial charge in [0, 0.05) is 20.1 Å². The molecular formula is C14H28N2O3. The van der Waals surface area contributed by atoms with Crippen molar-refractivity contribution in [3.05, 3.63) is 0 Å². The smallest absolute Gasteiger partial charge is 0.317 e. The topological polar surface area (TPSA) is 69.6 Å². The van der Waals surface area contributed by atoms with Gasteiger partial charge in [-0.3, -0.25) is 4.79 Å². The molecule has 5 heteroatoms. The summed E-state index contributed by atoms with van der Waals surface area (Å²) in [4.78, 5) is 23.6. The van der Waals surface area contributed by atoms with Crippen LogP contribution in [0, 0.1) is 5.92 Å². The third-order valence-corrected chi connectivity index (χ3v) is 3.21. The Hall–Kier alpha value is -1.26. The van der Waals surface area contributed by atoms with Crippen LogP contribution in [0.3, 0.4) is 0 Å². The number of hydrogen-bond donors (Lipinski definition) is 2. The van der Waals surface area contributed by atoms with Gasteiger partial charge in [0.05, 0.1) is 6.42 Å². The van der Waals surface area contributed by atoms with Crippen LogP contribution in [0.2, 0.25) is 0 Å². The molecule has 0 rings (SSSR count). The molecule has 0 spiro atoms. The zero-order valence-electron chi connectivity index (χ0n) is 12.4. The Kier molecular flexibility index (Phi) is 9.94. The molecule has 5 nitrogen and oxygen atoms in total. The van der Waals surface area contributed by atoms with Crippen molar-refractivity contribution in [3.63, 3.8) is 0 Å². The molecule has 2 N–H and O–H groups in total. The highest BCUT2D eigenvalue weighted by Crippen LogP contribution is 2.13. The van der Waals surface area contributed by atoms with Crippen LogP contribution in [0.15, 0.2) is 0 Å². The van der Waals surface area contributed by atoms with E-state index in [1.54, 1.807) is 7.05 Å². The van der Waals surface area contributed by atoms with E-state index >= 15 is 0 Å². The standard InChI is InChI=1S/C14H28N2O3/c1-4-6-8-12(7-5-2)11-15-14(19)16(3)10-9-13(17)18/h12H,4-11H2,1-3H3,(H,15,19)(H,17,18). The van der Waals surface area contributed by atoms with Crippen molar-refractivity contribution in [3.8, 4) is 0 Å². The van der Waals surface area contributed by atoms with Gasteiger partial charge in [-0.1, -0.05) is 33.1 Å². The summed E-state index contributed by atoms with van der Waals surface area (Å²) in [6.07, 6.45) is 5.74. The third-order valence-electron chi connectivity index (χ3n) is 3.21. The van der Waals surface area contributed by atoms with Gasteiger partial charge in [0.2, 0.25) is 0 Å². The van der Waals surface area contributed by atoms with E-state index in [1.807, 2.05) is 0 Å². The maximum atomic E-state index is 11.8. The van der Waals surface area contributed by atoms with Crippen molar-refractivity contribution in [1.82, 2.24) is 10.2 Å². The Morgan fingerprint density at radius 2 is 1.89 bits per heavy atom. The van der Waals surface area contributed by atoms with Crippen molar-refractivity contribution in [2.45, 2.75) is 52.4 Å². The number of carboxylic acid groups (broad SMARTS) is 1. The lowest BCUT2D eigenvalue weighted by Crippen LogP contribution is -2.40. The third kappa shape index (κ3) is 9.33. The number of amides is 2. The van der Waals surface area contributed by atoms with Gasteiger partial charge in [-0.15, -0.1) is 0 Å². The number of nitrogens with zero attached hydrogens (tertiary/aromatic N) is 1. The van der Waals surface area contributed by atoms with Gasteiger partial charge in [0.1, 0.15) is 0 Å². The van der Waals surface area contributed by atoms with Crippen LogP contribution < -0.4 is 5.32 Å². The average Bonchev–Trinajstić information content (AvgIpc) is 2.38. The van der Waals surface area contributed by atoms with Crippen molar-refractivity contribution >= 4 is 12.0 Å². The Morgan fingerprint density at radius 3 is 2.42 bits per heavy atom. The van der Waals surface area contributed by atoms with E-state index in [0.717, 1.165) is 19.3 Å². The molecule has 0 aliphatic rings. The number of carbonyl (C=O) groups is 2. The molecule has 0 saturated carbocycles. The summed E-state index contributed by atoms with van der Waals surface area (Å²) in [5.74, 6) is -0.353. The predicted molar refractivity (Wildman–Crippen MR) is 76.2 cm³/mol. The quantitative estimate of drug-likeness (QED) is 0.642. The molecule has 0 heterocycles. The van der Waals surface area contributed by atoms with Crippen molar-refractivity contribution in [1.29, 1.82) is 0 Å². The van der Waals surface area contributed by atoms with Crippen molar-refractivity contribution in [2.75, 3.05) is 20.1 Å². The Labute approximate surface area is 116 Å². The van der Waals surface area contributed by atoms with E-state index in [0.29, 0.717) is 12.5 Å². The highest BCUT2D eigenvalue weighted by atomic mass is 16.4. The number of carboxylic acids is 1. The summed E-state index contributed by atoms with van der Waals surface area (Å²) in [5, 5.41) is 11.5. The minimum atomic E-state index is -0.883. The maximum absolute atomic E-state index is 11.8. The average molecular weight is 272 g/mol. The fraction of sp³-hybridized carbons (Fsp3) is 0.857. The van der Waals surface area contributed by atoms with Crippen LogP contribution in [-0.2, 0) is 4.79 Å². The van der Waals surface area contributed by atoms with Gasteiger partial charge in [-0.25, -0.2) is 4.79 Å². The molecule has 1 atom stereocenters. The fourth-order valence-corrected chi connectivity index (χ4v) is 1.98. The lowest BCUT2D eigenvalue weighted by Gasteiger charge is -2.21. The molecule has 0 aliphatic heterocycles. The second-order valence-electron chi connectivity index (χ2n) is 5.05. The molecule has 0 aromatic carbocycles. The molecule has 0 aliphatic carbocycles. The molecule has 112 valence electrons. The van der Waals surface area contributed by atoms with Gasteiger partial charge in [0.15, 0.2) is 0 Å². The molecule has 0 saturated heterocycles. The van der Waals surface area contributed by atoms with Crippen molar-refractivity contribution in [2.24, 2.45) is 5.92 Å². The highest BCUT2D eigenvalue weighted by molar-refractivity contribution is 5.74. The van der Waals surface area contributed by atoms with Gasteiger partial charge < -0.3 is 15.3 Å². The lowest BCUT2D eigenvalue weighted by molar-refractivity contribution is -0.137. The molecule has 0 bridgehead atoms. The second-order valence-corrected chi connectivity index (χ2v) is 5.05. The number of rotatable bonds is 10.